The molecule has 2 fully saturated rings. The molecule has 0 bridgehead atoms. The van der Waals surface area contributed by atoms with Gasteiger partial charge in [-0.05, 0) is 31.0 Å². The van der Waals surface area contributed by atoms with Gasteiger partial charge in [-0.3, -0.25) is 9.69 Å². The van der Waals surface area contributed by atoms with Gasteiger partial charge in [0.05, 0.1) is 24.6 Å². The lowest BCUT2D eigenvalue weighted by molar-refractivity contribution is 0.102. The maximum absolute atomic E-state index is 12.8. The first-order valence-electron chi connectivity index (χ1n) is 10.0. The van der Waals surface area contributed by atoms with Crippen LogP contribution in [0.4, 0.5) is 16.3 Å². The Morgan fingerprint density at radius 3 is 2.55 bits per heavy atom. The summed E-state index contributed by atoms with van der Waals surface area (Å²) >= 11 is 0. The van der Waals surface area contributed by atoms with Crippen molar-refractivity contribution in [1.82, 2.24) is 14.9 Å². The number of nitrogens with zero attached hydrogens (tertiary/aromatic N) is 4. The van der Waals surface area contributed by atoms with E-state index in [1.807, 2.05) is 4.90 Å². The number of aromatic nitrogens is 2. The Bertz CT molecular complexity index is 863. The van der Waals surface area contributed by atoms with Gasteiger partial charge in [-0.15, -0.1) is 0 Å². The topological polar surface area (TPSA) is 87.7 Å². The highest BCUT2D eigenvalue weighted by molar-refractivity contribution is 6.04. The van der Waals surface area contributed by atoms with E-state index >= 15 is 0 Å². The molecule has 29 heavy (non-hydrogen) atoms. The van der Waals surface area contributed by atoms with Crippen molar-refractivity contribution in [2.24, 2.45) is 0 Å². The van der Waals surface area contributed by atoms with Crippen LogP contribution >= 0.6 is 0 Å². The molecule has 3 amide bonds. The highest BCUT2D eigenvalue weighted by atomic mass is 16.5. The number of hydrogen-bond acceptors (Lipinski definition) is 5. The fourth-order valence-electron chi connectivity index (χ4n) is 3.96. The van der Waals surface area contributed by atoms with Crippen molar-refractivity contribution in [3.05, 3.63) is 42.2 Å². The van der Waals surface area contributed by atoms with Gasteiger partial charge in [0.2, 0.25) is 5.88 Å². The fraction of sp³-hybridized carbons (Fsp3) is 0.429. The minimum Gasteiger partial charge on any atom is -0.481 e. The molecule has 3 heterocycles. The molecule has 2 aromatic heterocycles. The van der Waals surface area contributed by atoms with Gasteiger partial charge in [0, 0.05) is 31.4 Å². The minimum atomic E-state index is -0.282. The van der Waals surface area contributed by atoms with Gasteiger partial charge < -0.3 is 15.0 Å². The Kier molecular flexibility index (Phi) is 5.59. The second-order valence-corrected chi connectivity index (χ2v) is 7.37. The zero-order chi connectivity index (χ0) is 20.2. The van der Waals surface area contributed by atoms with Gasteiger partial charge in [0.15, 0.2) is 0 Å². The molecule has 1 saturated carbocycles. The third kappa shape index (κ3) is 4.16. The predicted octanol–water partition coefficient (Wildman–Crippen LogP) is 3.31. The van der Waals surface area contributed by atoms with E-state index in [4.69, 9.17) is 4.74 Å². The molecule has 1 N–H and O–H groups in total. The molecule has 0 unspecified atom stereocenters. The van der Waals surface area contributed by atoms with Crippen LogP contribution in [0.15, 0.2) is 36.7 Å². The average molecular weight is 395 g/mol. The molecule has 2 aromatic rings. The summed E-state index contributed by atoms with van der Waals surface area (Å²) in [6, 6.07) is 7.19. The average Bonchev–Trinajstić information content (AvgIpc) is 3.16. The number of hydrogen-bond donors (Lipinski definition) is 1. The van der Waals surface area contributed by atoms with Crippen LogP contribution in [0.2, 0.25) is 0 Å². The first kappa shape index (κ1) is 19.2. The largest absolute Gasteiger partial charge is 0.481 e. The van der Waals surface area contributed by atoms with E-state index < -0.39 is 0 Å². The van der Waals surface area contributed by atoms with Crippen molar-refractivity contribution < 1.29 is 14.3 Å². The van der Waals surface area contributed by atoms with E-state index in [1.165, 1.54) is 32.6 Å². The maximum atomic E-state index is 12.8. The van der Waals surface area contributed by atoms with Crippen molar-refractivity contribution in [3.8, 4) is 5.88 Å². The molecule has 1 aliphatic heterocycles. The van der Waals surface area contributed by atoms with Crippen LogP contribution in [0.25, 0.3) is 0 Å². The summed E-state index contributed by atoms with van der Waals surface area (Å²) in [6.07, 6.45) is 8.88. The van der Waals surface area contributed by atoms with Gasteiger partial charge in [-0.1, -0.05) is 19.3 Å². The number of urea groups is 1. The van der Waals surface area contributed by atoms with Gasteiger partial charge >= 0.3 is 6.03 Å². The number of carbonyl (C=O) groups is 2. The number of pyridine rings is 2. The smallest absolute Gasteiger partial charge is 0.326 e. The standard InChI is InChI=1S/C21H25N5O3/c1-29-19-10-7-15(13-23-19)20(27)24-16-8-9-18(22-14-16)26-12-11-25(21(26)28)17-5-3-2-4-6-17/h7-10,13-14,17H,2-6,11-12H2,1H3,(H,24,27). The summed E-state index contributed by atoms with van der Waals surface area (Å²) in [5.74, 6) is 0.776. The number of amides is 3. The number of rotatable bonds is 5. The molecule has 8 heteroatoms. The van der Waals surface area contributed by atoms with Crippen LogP contribution in [-0.2, 0) is 0 Å². The van der Waals surface area contributed by atoms with E-state index in [9.17, 15) is 9.59 Å². The molecule has 152 valence electrons. The molecule has 1 saturated heterocycles. The highest BCUT2D eigenvalue weighted by Gasteiger charge is 2.35. The molecule has 0 radical (unpaired) electrons. The van der Waals surface area contributed by atoms with E-state index in [1.54, 1.807) is 35.4 Å². The van der Waals surface area contributed by atoms with Gasteiger partial charge in [-0.25, -0.2) is 14.8 Å². The summed E-state index contributed by atoms with van der Waals surface area (Å²) in [5, 5.41) is 2.79. The zero-order valence-corrected chi connectivity index (χ0v) is 16.5. The summed E-state index contributed by atoms with van der Waals surface area (Å²) in [4.78, 5) is 37.3. The Balaban J connectivity index is 1.38. The van der Waals surface area contributed by atoms with Crippen molar-refractivity contribution in [2.75, 3.05) is 30.4 Å². The van der Waals surface area contributed by atoms with E-state index in [2.05, 4.69) is 15.3 Å². The number of anilines is 2. The summed E-state index contributed by atoms with van der Waals surface area (Å²) in [6.45, 7) is 1.39. The lowest BCUT2D eigenvalue weighted by Crippen LogP contribution is -2.40. The van der Waals surface area contributed by atoms with Crippen molar-refractivity contribution in [1.29, 1.82) is 0 Å². The Morgan fingerprint density at radius 2 is 1.90 bits per heavy atom. The molecule has 4 rings (SSSR count). The first-order chi connectivity index (χ1) is 14.2. The van der Waals surface area contributed by atoms with Crippen molar-refractivity contribution in [3.63, 3.8) is 0 Å². The monoisotopic (exact) mass is 395 g/mol. The zero-order valence-electron chi connectivity index (χ0n) is 16.5. The SMILES string of the molecule is COc1ccc(C(=O)Nc2ccc(N3CCN(C4CCCCC4)C3=O)nc2)cn1. The van der Waals surface area contributed by atoms with Gasteiger partial charge in [0.25, 0.3) is 5.91 Å². The third-order valence-corrected chi connectivity index (χ3v) is 5.55. The lowest BCUT2D eigenvalue weighted by atomic mass is 9.94. The maximum Gasteiger partial charge on any atom is 0.326 e. The third-order valence-electron chi connectivity index (χ3n) is 5.55. The van der Waals surface area contributed by atoms with Crippen LogP contribution in [0.3, 0.4) is 0 Å². The molecule has 1 aliphatic carbocycles. The Labute approximate surface area is 169 Å². The lowest BCUT2D eigenvalue weighted by Gasteiger charge is -2.30. The number of ether oxygens (including phenoxy) is 1. The van der Waals surface area contributed by atoms with Crippen LogP contribution < -0.4 is 15.0 Å². The second kappa shape index (κ2) is 8.46. The van der Waals surface area contributed by atoms with Crippen LogP contribution in [0.1, 0.15) is 42.5 Å². The molecule has 0 spiro atoms. The minimum absolute atomic E-state index is 0.0329. The van der Waals surface area contributed by atoms with Crippen LogP contribution in [0, 0.1) is 0 Å². The van der Waals surface area contributed by atoms with Crippen LogP contribution in [0.5, 0.6) is 5.88 Å². The predicted molar refractivity (Wildman–Crippen MR) is 109 cm³/mol. The Hall–Kier alpha value is -3.16. The first-order valence-corrected chi connectivity index (χ1v) is 10.0. The molecule has 8 nitrogen and oxygen atoms in total. The summed E-state index contributed by atoms with van der Waals surface area (Å²) in [7, 11) is 1.52. The van der Waals surface area contributed by atoms with Crippen LogP contribution in [-0.4, -0.2) is 53.0 Å². The van der Waals surface area contributed by atoms with E-state index in [-0.39, 0.29) is 11.9 Å². The number of carbonyl (C=O) groups excluding carboxylic acids is 2. The van der Waals surface area contributed by atoms with E-state index in [0.717, 1.165) is 19.4 Å². The molecule has 0 aromatic carbocycles. The normalized spacial score (nSPS) is 17.5. The molecule has 0 atom stereocenters. The highest BCUT2D eigenvalue weighted by Crippen LogP contribution is 2.28. The molecular weight excluding hydrogens is 370 g/mol. The van der Waals surface area contributed by atoms with Crippen molar-refractivity contribution >= 4 is 23.4 Å². The molecule has 2 aliphatic rings. The number of nitrogens with one attached hydrogen (secondary N) is 1. The quantitative estimate of drug-likeness (QED) is 0.839. The van der Waals surface area contributed by atoms with Gasteiger partial charge in [-0.2, -0.15) is 0 Å². The fourth-order valence-corrected chi connectivity index (χ4v) is 3.96. The summed E-state index contributed by atoms with van der Waals surface area (Å²) < 4.78 is 5.00. The van der Waals surface area contributed by atoms with E-state index in [0.29, 0.717) is 35.5 Å². The Morgan fingerprint density at radius 1 is 1.07 bits per heavy atom. The van der Waals surface area contributed by atoms with Gasteiger partial charge in [0.1, 0.15) is 5.82 Å². The van der Waals surface area contributed by atoms with Crippen molar-refractivity contribution in [2.45, 2.75) is 38.1 Å². The summed E-state index contributed by atoms with van der Waals surface area (Å²) in [5.41, 5.74) is 0.984. The number of methoxy groups -OCH3 is 1. The second-order valence-electron chi connectivity index (χ2n) is 7.37. The molecular formula is C21H25N5O3.